The normalized spacial score (nSPS) is 22.4. The van der Waals surface area contributed by atoms with E-state index >= 15 is 0 Å². The number of ether oxygens (including phenoxy) is 2. The average Bonchev–Trinajstić information content (AvgIpc) is 2.98. The van der Waals surface area contributed by atoms with E-state index in [4.69, 9.17) is 9.47 Å². The van der Waals surface area contributed by atoms with E-state index < -0.39 is 0 Å². The van der Waals surface area contributed by atoms with Crippen LogP contribution in [0.1, 0.15) is 85.5 Å². The molecule has 2 aliphatic rings. The lowest BCUT2D eigenvalue weighted by Crippen LogP contribution is -2.49. The van der Waals surface area contributed by atoms with Crippen molar-refractivity contribution in [1.82, 2.24) is 10.6 Å². The van der Waals surface area contributed by atoms with Gasteiger partial charge in [-0.2, -0.15) is 0 Å². The van der Waals surface area contributed by atoms with E-state index in [1.54, 1.807) is 0 Å². The first-order chi connectivity index (χ1) is 11.2. The summed E-state index contributed by atoms with van der Waals surface area (Å²) in [6.45, 7) is 12.1. The summed E-state index contributed by atoms with van der Waals surface area (Å²) in [7, 11) is 0. The van der Waals surface area contributed by atoms with E-state index in [0.29, 0.717) is 0 Å². The summed E-state index contributed by atoms with van der Waals surface area (Å²) in [5, 5.41) is 6.91. The third kappa shape index (κ3) is 7.08. The standard InChI is InChI=1S/C10H21NO.C9H19NO/c1-3-11-10(12-4-2)8-6-5-7-9-10;1-3-10-9(11-4-2)7-5-6-8-9/h11H,3-9H2,1-2H3;10H,3-8H2,1-2H3. The maximum atomic E-state index is 5.80. The van der Waals surface area contributed by atoms with E-state index in [1.165, 1.54) is 57.8 Å². The Morgan fingerprint density at radius 1 is 0.609 bits per heavy atom. The minimum atomic E-state index is 0.0295. The van der Waals surface area contributed by atoms with Crippen LogP contribution >= 0.6 is 0 Å². The second kappa shape index (κ2) is 11.4. The highest BCUT2D eigenvalue weighted by atomic mass is 16.5. The van der Waals surface area contributed by atoms with Crippen LogP contribution in [0.25, 0.3) is 0 Å². The maximum absolute atomic E-state index is 5.80. The average molecular weight is 329 g/mol. The molecule has 2 saturated carbocycles. The van der Waals surface area contributed by atoms with Crippen LogP contribution in [-0.2, 0) is 9.47 Å². The van der Waals surface area contributed by atoms with Crippen molar-refractivity contribution < 1.29 is 9.47 Å². The third-order valence-electron chi connectivity index (χ3n) is 4.91. The van der Waals surface area contributed by atoms with Gasteiger partial charge in [0.2, 0.25) is 0 Å². The summed E-state index contributed by atoms with van der Waals surface area (Å²) in [6.07, 6.45) is 11.4. The van der Waals surface area contributed by atoms with Gasteiger partial charge in [0.25, 0.3) is 0 Å². The highest BCUT2D eigenvalue weighted by Gasteiger charge is 2.33. The van der Waals surface area contributed by atoms with Crippen LogP contribution in [0, 0.1) is 0 Å². The second-order valence-electron chi connectivity index (χ2n) is 6.68. The molecule has 0 bridgehead atoms. The van der Waals surface area contributed by atoms with Crippen molar-refractivity contribution in [1.29, 1.82) is 0 Å². The highest BCUT2D eigenvalue weighted by Crippen LogP contribution is 2.30. The minimum absolute atomic E-state index is 0.0295. The Bertz CT molecular complexity index is 262. The molecule has 0 unspecified atom stereocenters. The van der Waals surface area contributed by atoms with Crippen LogP contribution in [0.5, 0.6) is 0 Å². The quantitative estimate of drug-likeness (QED) is 0.656. The second-order valence-corrected chi connectivity index (χ2v) is 6.68. The topological polar surface area (TPSA) is 42.5 Å². The van der Waals surface area contributed by atoms with E-state index in [-0.39, 0.29) is 11.4 Å². The van der Waals surface area contributed by atoms with E-state index in [1.807, 2.05) is 0 Å². The smallest absolute Gasteiger partial charge is 0.119 e. The molecule has 2 aliphatic carbocycles. The molecule has 0 aromatic rings. The predicted molar refractivity (Wildman–Crippen MR) is 97.6 cm³/mol. The van der Waals surface area contributed by atoms with E-state index in [0.717, 1.165) is 26.3 Å². The lowest BCUT2D eigenvalue weighted by Gasteiger charge is -2.37. The van der Waals surface area contributed by atoms with Crippen molar-refractivity contribution in [2.45, 2.75) is 96.9 Å². The van der Waals surface area contributed by atoms with E-state index in [2.05, 4.69) is 38.3 Å². The molecule has 138 valence electrons. The van der Waals surface area contributed by atoms with Gasteiger partial charge in [-0.25, -0.2) is 0 Å². The Hall–Kier alpha value is -0.160. The largest absolute Gasteiger partial charge is 0.361 e. The van der Waals surface area contributed by atoms with Crippen molar-refractivity contribution in [3.05, 3.63) is 0 Å². The Morgan fingerprint density at radius 3 is 1.26 bits per heavy atom. The van der Waals surface area contributed by atoms with Crippen LogP contribution < -0.4 is 10.6 Å². The molecule has 0 atom stereocenters. The fraction of sp³-hybridized carbons (Fsp3) is 1.00. The molecule has 0 heterocycles. The lowest BCUT2D eigenvalue weighted by atomic mass is 9.91. The van der Waals surface area contributed by atoms with Gasteiger partial charge in [-0.1, -0.05) is 20.3 Å². The molecule has 0 spiro atoms. The summed E-state index contributed by atoms with van der Waals surface area (Å²) in [5.74, 6) is 0. The molecule has 0 aromatic carbocycles. The highest BCUT2D eigenvalue weighted by molar-refractivity contribution is 4.83. The molecule has 0 radical (unpaired) electrons. The van der Waals surface area contributed by atoms with Crippen molar-refractivity contribution in [2.24, 2.45) is 0 Å². The van der Waals surface area contributed by atoms with Crippen molar-refractivity contribution >= 4 is 0 Å². The summed E-state index contributed by atoms with van der Waals surface area (Å²) in [4.78, 5) is 0. The van der Waals surface area contributed by atoms with Gasteiger partial charge in [0, 0.05) is 13.2 Å². The molecule has 23 heavy (non-hydrogen) atoms. The molecular weight excluding hydrogens is 288 g/mol. The SMILES string of the molecule is CCNC1(OCC)CCCC1.CCNC1(OCC)CCCCC1. The third-order valence-corrected chi connectivity index (χ3v) is 4.91. The Labute approximate surface area is 144 Å². The van der Waals surface area contributed by atoms with Gasteiger partial charge >= 0.3 is 0 Å². The summed E-state index contributed by atoms with van der Waals surface area (Å²) in [5.41, 5.74) is 0.0747. The molecule has 4 heteroatoms. The molecule has 2 fully saturated rings. The van der Waals surface area contributed by atoms with Gasteiger partial charge in [-0.15, -0.1) is 0 Å². The van der Waals surface area contributed by atoms with Gasteiger partial charge in [-0.05, 0) is 78.3 Å². The Balaban J connectivity index is 0.000000231. The summed E-state index contributed by atoms with van der Waals surface area (Å²) >= 11 is 0. The molecule has 4 nitrogen and oxygen atoms in total. The molecular formula is C19H40N2O2. The fourth-order valence-corrected chi connectivity index (χ4v) is 4.01. The monoisotopic (exact) mass is 328 g/mol. The molecule has 0 saturated heterocycles. The zero-order chi connectivity index (χ0) is 17.0. The first kappa shape index (κ1) is 20.9. The number of rotatable bonds is 8. The summed E-state index contributed by atoms with van der Waals surface area (Å²) < 4.78 is 11.5. The summed E-state index contributed by atoms with van der Waals surface area (Å²) in [6, 6.07) is 0. The minimum Gasteiger partial charge on any atom is -0.361 e. The van der Waals surface area contributed by atoms with Gasteiger partial charge in [0.15, 0.2) is 0 Å². The fourth-order valence-electron chi connectivity index (χ4n) is 4.01. The van der Waals surface area contributed by atoms with E-state index in [9.17, 15) is 0 Å². The van der Waals surface area contributed by atoms with Crippen LogP contribution in [0.3, 0.4) is 0 Å². The van der Waals surface area contributed by atoms with Crippen LogP contribution in [0.15, 0.2) is 0 Å². The first-order valence-electron chi connectivity index (χ1n) is 9.94. The number of nitrogens with one attached hydrogen (secondary N) is 2. The van der Waals surface area contributed by atoms with Crippen LogP contribution in [0.4, 0.5) is 0 Å². The van der Waals surface area contributed by atoms with Gasteiger partial charge < -0.3 is 9.47 Å². The molecule has 2 N–H and O–H groups in total. The van der Waals surface area contributed by atoms with Gasteiger partial charge in [0.1, 0.15) is 11.4 Å². The maximum Gasteiger partial charge on any atom is 0.119 e. The number of hydrogen-bond acceptors (Lipinski definition) is 4. The van der Waals surface area contributed by atoms with Crippen molar-refractivity contribution in [3.63, 3.8) is 0 Å². The molecule has 2 rings (SSSR count). The molecule has 0 amide bonds. The van der Waals surface area contributed by atoms with Crippen molar-refractivity contribution in [3.8, 4) is 0 Å². The van der Waals surface area contributed by atoms with Crippen LogP contribution in [-0.4, -0.2) is 37.8 Å². The van der Waals surface area contributed by atoms with Crippen molar-refractivity contribution in [2.75, 3.05) is 26.3 Å². The van der Waals surface area contributed by atoms with Gasteiger partial charge in [0.05, 0.1) is 0 Å². The molecule has 0 aromatic heterocycles. The predicted octanol–water partition coefficient (Wildman–Crippen LogP) is 4.20. The zero-order valence-electron chi connectivity index (χ0n) is 16.0. The van der Waals surface area contributed by atoms with Crippen LogP contribution in [0.2, 0.25) is 0 Å². The molecule has 0 aliphatic heterocycles. The zero-order valence-corrected chi connectivity index (χ0v) is 16.0. The number of hydrogen-bond donors (Lipinski definition) is 2. The Morgan fingerprint density at radius 2 is 0.957 bits per heavy atom. The Kier molecular flexibility index (Phi) is 10.4. The first-order valence-corrected chi connectivity index (χ1v) is 9.94. The van der Waals surface area contributed by atoms with Gasteiger partial charge in [-0.3, -0.25) is 10.6 Å². The lowest BCUT2D eigenvalue weighted by molar-refractivity contribution is -0.0882.